The molecule has 1 saturated carbocycles. The van der Waals surface area contributed by atoms with Gasteiger partial charge in [0.25, 0.3) is 0 Å². The van der Waals surface area contributed by atoms with E-state index in [4.69, 9.17) is 0 Å². The fourth-order valence-electron chi connectivity index (χ4n) is 4.06. The highest BCUT2D eigenvalue weighted by Crippen LogP contribution is 2.32. The molecule has 20 heavy (non-hydrogen) atoms. The van der Waals surface area contributed by atoms with E-state index in [2.05, 4.69) is 25.7 Å². The fraction of sp³-hybridized carbons (Fsp3) is 0.944. The van der Waals surface area contributed by atoms with Crippen LogP contribution in [0.1, 0.15) is 65.7 Å². The molecule has 2 fully saturated rings. The van der Waals surface area contributed by atoms with Crippen molar-refractivity contribution in [1.29, 1.82) is 0 Å². The molecule has 0 radical (unpaired) electrons. The monoisotopic (exact) mass is 279 g/mol. The van der Waals surface area contributed by atoms with Gasteiger partial charge in [-0.3, -0.25) is 4.79 Å². The molecule has 2 heteroatoms. The molecule has 0 aromatic heterocycles. The van der Waals surface area contributed by atoms with E-state index >= 15 is 0 Å². The Morgan fingerprint density at radius 3 is 2.70 bits per heavy atom. The molecule has 1 heterocycles. The maximum absolute atomic E-state index is 12.2. The van der Waals surface area contributed by atoms with E-state index in [1.807, 2.05) is 0 Å². The van der Waals surface area contributed by atoms with Crippen molar-refractivity contribution in [1.82, 2.24) is 4.90 Å². The second-order valence-electron chi connectivity index (χ2n) is 7.45. The third kappa shape index (κ3) is 4.31. The van der Waals surface area contributed by atoms with Gasteiger partial charge in [0.05, 0.1) is 0 Å². The minimum atomic E-state index is 0.328. The highest BCUT2D eigenvalue weighted by molar-refractivity contribution is 5.82. The highest BCUT2D eigenvalue weighted by atomic mass is 16.1. The van der Waals surface area contributed by atoms with Crippen LogP contribution < -0.4 is 0 Å². The summed E-state index contributed by atoms with van der Waals surface area (Å²) in [4.78, 5) is 14.8. The first-order valence-corrected chi connectivity index (χ1v) is 8.85. The Morgan fingerprint density at radius 2 is 2.00 bits per heavy atom. The quantitative estimate of drug-likeness (QED) is 0.771. The predicted octanol–water partition coefficient (Wildman–Crippen LogP) is 4.14. The summed E-state index contributed by atoms with van der Waals surface area (Å²) in [5.74, 6) is 3.30. The van der Waals surface area contributed by atoms with Gasteiger partial charge in [-0.1, -0.05) is 27.2 Å². The number of hydrogen-bond acceptors (Lipinski definition) is 2. The average molecular weight is 279 g/mol. The Balaban J connectivity index is 1.86. The lowest BCUT2D eigenvalue weighted by molar-refractivity contribution is -0.126. The van der Waals surface area contributed by atoms with Crippen molar-refractivity contribution >= 4 is 5.78 Å². The molecule has 0 spiro atoms. The summed E-state index contributed by atoms with van der Waals surface area (Å²) in [6.07, 6.45) is 8.48. The van der Waals surface area contributed by atoms with Crippen LogP contribution in [-0.4, -0.2) is 30.3 Å². The van der Waals surface area contributed by atoms with Gasteiger partial charge >= 0.3 is 0 Å². The van der Waals surface area contributed by atoms with Crippen LogP contribution in [0.2, 0.25) is 0 Å². The van der Waals surface area contributed by atoms with E-state index in [1.165, 1.54) is 38.8 Å². The minimum absolute atomic E-state index is 0.328. The zero-order chi connectivity index (χ0) is 14.5. The molecule has 0 aromatic carbocycles. The molecule has 1 saturated heterocycles. The van der Waals surface area contributed by atoms with Gasteiger partial charge < -0.3 is 4.90 Å². The standard InChI is InChI=1S/C18H33NO/c1-4-15-6-5-10-19(11-9-15)13-17-12-16(14(2)3)7-8-18(17)20/h14-17H,4-13H2,1-3H3. The normalized spacial score (nSPS) is 33.4. The molecule has 3 atom stereocenters. The van der Waals surface area contributed by atoms with Gasteiger partial charge in [-0.25, -0.2) is 0 Å². The lowest BCUT2D eigenvalue weighted by Gasteiger charge is -2.33. The Kier molecular flexibility index (Phi) is 6.07. The van der Waals surface area contributed by atoms with Crippen molar-refractivity contribution in [3.05, 3.63) is 0 Å². The second kappa shape index (κ2) is 7.59. The molecular formula is C18H33NO. The van der Waals surface area contributed by atoms with Crippen molar-refractivity contribution in [2.75, 3.05) is 19.6 Å². The van der Waals surface area contributed by atoms with Crippen LogP contribution in [0, 0.1) is 23.7 Å². The van der Waals surface area contributed by atoms with Gasteiger partial charge in [-0.05, 0) is 62.9 Å². The Labute approximate surface area is 125 Å². The summed E-state index contributed by atoms with van der Waals surface area (Å²) < 4.78 is 0. The Hall–Kier alpha value is -0.370. The van der Waals surface area contributed by atoms with Crippen LogP contribution in [0.15, 0.2) is 0 Å². The molecule has 0 amide bonds. The maximum Gasteiger partial charge on any atom is 0.137 e. The molecular weight excluding hydrogens is 246 g/mol. The first kappa shape index (κ1) is 16.0. The summed E-state index contributed by atoms with van der Waals surface area (Å²) in [5, 5.41) is 0. The highest BCUT2D eigenvalue weighted by Gasteiger charge is 2.31. The predicted molar refractivity (Wildman–Crippen MR) is 84.7 cm³/mol. The van der Waals surface area contributed by atoms with E-state index in [0.29, 0.717) is 11.7 Å². The average Bonchev–Trinajstić information content (AvgIpc) is 2.66. The number of carbonyl (C=O) groups is 1. The van der Waals surface area contributed by atoms with Crippen molar-refractivity contribution in [2.45, 2.75) is 65.7 Å². The van der Waals surface area contributed by atoms with Gasteiger partial charge in [0.15, 0.2) is 0 Å². The number of carbonyl (C=O) groups excluding carboxylic acids is 1. The molecule has 1 aliphatic carbocycles. The van der Waals surface area contributed by atoms with Crippen LogP contribution in [0.25, 0.3) is 0 Å². The topological polar surface area (TPSA) is 20.3 Å². The maximum atomic E-state index is 12.2. The van der Waals surface area contributed by atoms with Crippen molar-refractivity contribution in [3.63, 3.8) is 0 Å². The van der Waals surface area contributed by atoms with Gasteiger partial charge in [0.1, 0.15) is 5.78 Å². The number of nitrogens with zero attached hydrogens (tertiary/aromatic N) is 1. The summed E-state index contributed by atoms with van der Waals surface area (Å²) in [6.45, 7) is 10.4. The number of Topliss-reactive ketones (excluding diaryl/α,β-unsaturated/α-hetero) is 1. The van der Waals surface area contributed by atoms with Crippen molar-refractivity contribution in [2.24, 2.45) is 23.7 Å². The Bertz CT molecular complexity index is 313. The number of likely N-dealkylation sites (tertiary alicyclic amines) is 1. The zero-order valence-electron chi connectivity index (χ0n) is 13.7. The first-order chi connectivity index (χ1) is 9.60. The smallest absolute Gasteiger partial charge is 0.137 e. The molecule has 2 rings (SSSR count). The van der Waals surface area contributed by atoms with Gasteiger partial charge in [-0.15, -0.1) is 0 Å². The number of hydrogen-bond donors (Lipinski definition) is 0. The van der Waals surface area contributed by atoms with Gasteiger partial charge in [-0.2, -0.15) is 0 Å². The van der Waals surface area contributed by atoms with E-state index in [0.717, 1.165) is 43.6 Å². The van der Waals surface area contributed by atoms with Crippen LogP contribution in [0.4, 0.5) is 0 Å². The molecule has 1 aliphatic heterocycles. The van der Waals surface area contributed by atoms with Crippen LogP contribution in [0.5, 0.6) is 0 Å². The summed E-state index contributed by atoms with van der Waals surface area (Å²) in [6, 6.07) is 0. The zero-order valence-corrected chi connectivity index (χ0v) is 13.7. The largest absolute Gasteiger partial charge is 0.303 e. The minimum Gasteiger partial charge on any atom is -0.303 e. The number of rotatable bonds is 4. The lowest BCUT2D eigenvalue weighted by atomic mass is 9.75. The first-order valence-electron chi connectivity index (χ1n) is 8.85. The second-order valence-corrected chi connectivity index (χ2v) is 7.45. The molecule has 2 nitrogen and oxygen atoms in total. The molecule has 3 unspecified atom stereocenters. The van der Waals surface area contributed by atoms with Crippen molar-refractivity contribution in [3.8, 4) is 0 Å². The number of ketones is 1. The SMILES string of the molecule is CCC1CCCN(CC2CC(C(C)C)CCC2=O)CC1. The molecule has 0 aromatic rings. The Morgan fingerprint density at radius 1 is 1.20 bits per heavy atom. The van der Waals surface area contributed by atoms with Crippen molar-refractivity contribution < 1.29 is 4.79 Å². The van der Waals surface area contributed by atoms with E-state index in [-0.39, 0.29) is 0 Å². The van der Waals surface area contributed by atoms with Crippen LogP contribution in [-0.2, 0) is 4.79 Å². The van der Waals surface area contributed by atoms with Gasteiger partial charge in [0.2, 0.25) is 0 Å². The van der Waals surface area contributed by atoms with E-state index in [9.17, 15) is 4.79 Å². The molecule has 0 bridgehead atoms. The summed E-state index contributed by atoms with van der Waals surface area (Å²) in [5.41, 5.74) is 0. The lowest BCUT2D eigenvalue weighted by Crippen LogP contribution is -2.38. The molecule has 2 aliphatic rings. The third-order valence-corrected chi connectivity index (χ3v) is 5.74. The van der Waals surface area contributed by atoms with E-state index < -0.39 is 0 Å². The van der Waals surface area contributed by atoms with Crippen LogP contribution >= 0.6 is 0 Å². The molecule has 116 valence electrons. The van der Waals surface area contributed by atoms with Gasteiger partial charge in [0, 0.05) is 18.9 Å². The fourth-order valence-corrected chi connectivity index (χ4v) is 4.06. The van der Waals surface area contributed by atoms with E-state index in [1.54, 1.807) is 0 Å². The van der Waals surface area contributed by atoms with Crippen LogP contribution in [0.3, 0.4) is 0 Å². The summed E-state index contributed by atoms with van der Waals surface area (Å²) >= 11 is 0. The molecule has 0 N–H and O–H groups in total. The third-order valence-electron chi connectivity index (χ3n) is 5.74. The summed E-state index contributed by atoms with van der Waals surface area (Å²) in [7, 11) is 0.